The molecule has 0 unspecified atom stereocenters. The minimum absolute atomic E-state index is 0.631. The van der Waals surface area contributed by atoms with Gasteiger partial charge in [-0.1, -0.05) is 18.5 Å². The normalized spacial score (nSPS) is 11.1. The quantitative estimate of drug-likeness (QED) is 0.913. The summed E-state index contributed by atoms with van der Waals surface area (Å²) in [6, 6.07) is 0. The molecule has 6 heteroatoms. The Hall–Kier alpha value is -1.49. The van der Waals surface area contributed by atoms with Gasteiger partial charge in [0.1, 0.15) is 0 Å². The van der Waals surface area contributed by atoms with E-state index in [-0.39, 0.29) is 0 Å². The van der Waals surface area contributed by atoms with Crippen LogP contribution in [-0.2, 0) is 6.54 Å². The Morgan fingerprint density at radius 3 is 2.53 bits per heavy atom. The molecule has 0 radical (unpaired) electrons. The first-order valence-electron chi connectivity index (χ1n) is 5.59. The molecule has 0 aromatic carbocycles. The van der Waals surface area contributed by atoms with Crippen molar-refractivity contribution in [2.75, 3.05) is 5.73 Å². The van der Waals surface area contributed by atoms with Gasteiger partial charge in [0, 0.05) is 6.54 Å². The number of hydrogen-bond donors (Lipinski definition) is 1. The number of anilines is 1. The van der Waals surface area contributed by atoms with Crippen molar-refractivity contribution in [3.8, 4) is 5.82 Å². The number of rotatable bonds is 3. The highest BCUT2D eigenvalue weighted by atomic mass is 35.5. The van der Waals surface area contributed by atoms with Crippen LogP contribution in [0.15, 0.2) is 6.20 Å². The summed E-state index contributed by atoms with van der Waals surface area (Å²) in [5.41, 5.74) is 8.29. The Balaban J connectivity index is 2.56. The van der Waals surface area contributed by atoms with Gasteiger partial charge in [-0.3, -0.25) is 0 Å². The Bertz CT molecular complexity index is 521. The maximum atomic E-state index is 6.04. The highest BCUT2D eigenvalue weighted by Gasteiger charge is 2.15. The standard InChI is InChI=1S/C11H16ClN5/c1-4-5-16-11(10(13)8(3)15-16)17-6-9(12)7(2)14-17/h6H,4-5,13H2,1-3H3. The smallest absolute Gasteiger partial charge is 0.175 e. The Morgan fingerprint density at radius 1 is 1.29 bits per heavy atom. The molecule has 2 N–H and O–H groups in total. The molecule has 0 bridgehead atoms. The van der Waals surface area contributed by atoms with E-state index in [2.05, 4.69) is 17.1 Å². The second-order valence-corrected chi connectivity index (χ2v) is 4.46. The van der Waals surface area contributed by atoms with Gasteiger partial charge in [-0.15, -0.1) is 0 Å². The number of nitrogens with zero attached hydrogens (tertiary/aromatic N) is 4. The summed E-state index contributed by atoms with van der Waals surface area (Å²) in [5, 5.41) is 9.38. The van der Waals surface area contributed by atoms with Crippen LogP contribution in [0.2, 0.25) is 5.02 Å². The third kappa shape index (κ3) is 2.02. The maximum absolute atomic E-state index is 6.04. The van der Waals surface area contributed by atoms with Gasteiger partial charge in [0.15, 0.2) is 5.82 Å². The predicted molar refractivity (Wildman–Crippen MR) is 68.5 cm³/mol. The molecule has 0 fully saturated rings. The molecule has 5 nitrogen and oxygen atoms in total. The van der Waals surface area contributed by atoms with Crippen LogP contribution in [-0.4, -0.2) is 19.6 Å². The van der Waals surface area contributed by atoms with Gasteiger partial charge in [-0.05, 0) is 20.3 Å². The summed E-state index contributed by atoms with van der Waals surface area (Å²) in [6.07, 6.45) is 2.75. The lowest BCUT2D eigenvalue weighted by Crippen LogP contribution is -2.09. The Labute approximate surface area is 105 Å². The van der Waals surface area contributed by atoms with Gasteiger partial charge >= 0.3 is 0 Å². The summed E-state index contributed by atoms with van der Waals surface area (Å²) in [5.74, 6) is 0.791. The molecule has 92 valence electrons. The Morgan fingerprint density at radius 2 is 2.00 bits per heavy atom. The molecule has 2 heterocycles. The van der Waals surface area contributed by atoms with Crippen molar-refractivity contribution in [1.29, 1.82) is 0 Å². The molecular formula is C11H16ClN5. The molecule has 0 aliphatic rings. The predicted octanol–water partition coefficient (Wildman–Crippen LogP) is 2.33. The Kier molecular flexibility index (Phi) is 3.11. The van der Waals surface area contributed by atoms with Crippen molar-refractivity contribution in [3.05, 3.63) is 22.6 Å². The van der Waals surface area contributed by atoms with E-state index in [1.807, 2.05) is 18.5 Å². The summed E-state index contributed by atoms with van der Waals surface area (Å²) < 4.78 is 3.57. The zero-order chi connectivity index (χ0) is 12.6. The van der Waals surface area contributed by atoms with Crippen molar-refractivity contribution in [2.45, 2.75) is 33.7 Å². The lowest BCUT2D eigenvalue weighted by atomic mass is 10.4. The molecule has 0 aliphatic carbocycles. The highest BCUT2D eigenvalue weighted by Crippen LogP contribution is 2.23. The zero-order valence-corrected chi connectivity index (χ0v) is 11.0. The molecule has 0 saturated heterocycles. The van der Waals surface area contributed by atoms with Crippen LogP contribution in [0, 0.1) is 13.8 Å². The van der Waals surface area contributed by atoms with Gasteiger partial charge in [0.05, 0.1) is 28.3 Å². The van der Waals surface area contributed by atoms with Gasteiger partial charge in [0.25, 0.3) is 0 Å². The molecule has 0 aliphatic heterocycles. The van der Waals surface area contributed by atoms with E-state index in [9.17, 15) is 0 Å². The van der Waals surface area contributed by atoms with Gasteiger partial charge in [-0.25, -0.2) is 9.36 Å². The van der Waals surface area contributed by atoms with Crippen molar-refractivity contribution >= 4 is 17.3 Å². The molecular weight excluding hydrogens is 238 g/mol. The van der Waals surface area contributed by atoms with Crippen molar-refractivity contribution < 1.29 is 0 Å². The third-order valence-corrected chi connectivity index (χ3v) is 3.01. The number of nitrogen functional groups attached to an aromatic ring is 1. The zero-order valence-electron chi connectivity index (χ0n) is 10.2. The largest absolute Gasteiger partial charge is 0.394 e. The van der Waals surface area contributed by atoms with Crippen LogP contribution in [0.1, 0.15) is 24.7 Å². The van der Waals surface area contributed by atoms with E-state index < -0.39 is 0 Å². The van der Waals surface area contributed by atoms with E-state index in [4.69, 9.17) is 17.3 Å². The van der Waals surface area contributed by atoms with Crippen LogP contribution in [0.5, 0.6) is 0 Å². The van der Waals surface area contributed by atoms with E-state index in [0.717, 1.165) is 30.2 Å². The van der Waals surface area contributed by atoms with E-state index >= 15 is 0 Å². The van der Waals surface area contributed by atoms with Crippen molar-refractivity contribution in [1.82, 2.24) is 19.6 Å². The fourth-order valence-electron chi connectivity index (χ4n) is 1.74. The summed E-state index contributed by atoms with van der Waals surface area (Å²) in [6.45, 7) is 6.66. The van der Waals surface area contributed by atoms with Crippen LogP contribution in [0.3, 0.4) is 0 Å². The van der Waals surface area contributed by atoms with E-state index in [1.165, 1.54) is 0 Å². The van der Waals surface area contributed by atoms with Crippen LogP contribution in [0.25, 0.3) is 5.82 Å². The summed E-state index contributed by atoms with van der Waals surface area (Å²) in [4.78, 5) is 0. The molecule has 2 aromatic rings. The molecule has 17 heavy (non-hydrogen) atoms. The van der Waals surface area contributed by atoms with E-state index in [0.29, 0.717) is 10.7 Å². The molecule has 2 aromatic heterocycles. The monoisotopic (exact) mass is 253 g/mol. The summed E-state index contributed by atoms with van der Waals surface area (Å²) in [7, 11) is 0. The van der Waals surface area contributed by atoms with Crippen LogP contribution in [0.4, 0.5) is 5.69 Å². The number of aryl methyl sites for hydroxylation is 3. The molecule has 2 rings (SSSR count). The summed E-state index contributed by atoms with van der Waals surface area (Å²) >= 11 is 6.01. The maximum Gasteiger partial charge on any atom is 0.175 e. The minimum Gasteiger partial charge on any atom is -0.394 e. The van der Waals surface area contributed by atoms with Gasteiger partial charge in [-0.2, -0.15) is 10.2 Å². The number of nitrogens with two attached hydrogens (primary N) is 1. The number of hydrogen-bond acceptors (Lipinski definition) is 3. The SMILES string of the molecule is CCCn1nc(C)c(N)c1-n1cc(Cl)c(C)n1. The second kappa shape index (κ2) is 4.41. The minimum atomic E-state index is 0.631. The van der Waals surface area contributed by atoms with Crippen LogP contribution >= 0.6 is 11.6 Å². The van der Waals surface area contributed by atoms with Crippen molar-refractivity contribution in [2.24, 2.45) is 0 Å². The lowest BCUT2D eigenvalue weighted by Gasteiger charge is -2.06. The van der Waals surface area contributed by atoms with E-state index in [1.54, 1.807) is 10.9 Å². The number of aromatic nitrogens is 4. The highest BCUT2D eigenvalue weighted by molar-refractivity contribution is 6.31. The fraction of sp³-hybridized carbons (Fsp3) is 0.455. The average molecular weight is 254 g/mol. The number of halogens is 1. The van der Waals surface area contributed by atoms with Gasteiger partial charge < -0.3 is 5.73 Å². The lowest BCUT2D eigenvalue weighted by molar-refractivity contribution is 0.573. The van der Waals surface area contributed by atoms with Gasteiger partial charge in [0.2, 0.25) is 0 Å². The topological polar surface area (TPSA) is 61.7 Å². The molecule has 0 amide bonds. The first-order chi connectivity index (χ1) is 8.04. The average Bonchev–Trinajstić information content (AvgIpc) is 2.71. The molecule has 0 spiro atoms. The fourth-order valence-corrected chi connectivity index (χ4v) is 1.87. The molecule has 0 saturated carbocycles. The second-order valence-electron chi connectivity index (χ2n) is 4.05. The third-order valence-electron chi connectivity index (χ3n) is 2.64. The molecule has 0 atom stereocenters. The van der Waals surface area contributed by atoms with Crippen LogP contribution < -0.4 is 5.73 Å². The first-order valence-corrected chi connectivity index (χ1v) is 5.97. The van der Waals surface area contributed by atoms with Crippen molar-refractivity contribution in [3.63, 3.8) is 0 Å². The first kappa shape index (κ1) is 12.0.